The van der Waals surface area contributed by atoms with E-state index in [9.17, 15) is 9.59 Å². The molecule has 1 fully saturated rings. The highest BCUT2D eigenvalue weighted by molar-refractivity contribution is 6.34. The second kappa shape index (κ2) is 5.72. The van der Waals surface area contributed by atoms with E-state index in [2.05, 4.69) is 0 Å². The molecule has 1 aliphatic heterocycles. The summed E-state index contributed by atoms with van der Waals surface area (Å²) in [6.45, 7) is 0.701. The predicted molar refractivity (Wildman–Crippen MR) is 81.0 cm³/mol. The van der Waals surface area contributed by atoms with Crippen LogP contribution in [0.4, 0.5) is 5.69 Å². The summed E-state index contributed by atoms with van der Waals surface area (Å²) in [5.41, 5.74) is 1.88. The minimum atomic E-state index is -1.08. The number of carbonyl (C=O) groups excluding carboxylic acids is 1. The fourth-order valence-corrected chi connectivity index (χ4v) is 3.38. The summed E-state index contributed by atoms with van der Waals surface area (Å²) < 4.78 is 0. The summed E-state index contributed by atoms with van der Waals surface area (Å²) in [4.78, 5) is 25.3. The molecule has 1 amide bonds. The van der Waals surface area contributed by atoms with Crippen LogP contribution in [-0.2, 0) is 9.59 Å². The fraction of sp³-hybridized carbons (Fsp3) is 0.412. The van der Waals surface area contributed by atoms with Gasteiger partial charge in [-0.25, -0.2) is 4.79 Å². The van der Waals surface area contributed by atoms with E-state index in [0.717, 1.165) is 30.2 Å². The van der Waals surface area contributed by atoms with Gasteiger partial charge in [0.2, 0.25) is 0 Å². The Balaban J connectivity index is 1.91. The van der Waals surface area contributed by atoms with Crippen molar-refractivity contribution in [3.8, 4) is 0 Å². The summed E-state index contributed by atoms with van der Waals surface area (Å²) in [5.74, 6) is -0.725. The molecule has 0 atom stereocenters. The minimum absolute atomic E-state index is 0.177. The molecule has 0 aromatic heterocycles. The number of anilines is 1. The Morgan fingerprint density at radius 2 is 1.95 bits per heavy atom. The molecule has 1 aliphatic carbocycles. The van der Waals surface area contributed by atoms with Gasteiger partial charge in [0, 0.05) is 18.2 Å². The summed E-state index contributed by atoms with van der Waals surface area (Å²) in [6, 6.07) is 7.46. The van der Waals surface area contributed by atoms with Crippen LogP contribution in [0.2, 0.25) is 0 Å². The third-order valence-electron chi connectivity index (χ3n) is 4.39. The quantitative estimate of drug-likeness (QED) is 0.868. The van der Waals surface area contributed by atoms with Crippen molar-refractivity contribution >= 4 is 23.1 Å². The van der Waals surface area contributed by atoms with Gasteiger partial charge in [-0.3, -0.25) is 4.79 Å². The SMILES string of the molecule is O=C(O)/C=C1/C(=O)N(CC2CCCCC2)c2ccccc21. The van der Waals surface area contributed by atoms with Gasteiger partial charge in [0.25, 0.3) is 5.91 Å². The highest BCUT2D eigenvalue weighted by atomic mass is 16.4. The van der Waals surface area contributed by atoms with Gasteiger partial charge in [-0.2, -0.15) is 0 Å². The molecule has 21 heavy (non-hydrogen) atoms. The lowest BCUT2D eigenvalue weighted by atomic mass is 9.89. The largest absolute Gasteiger partial charge is 0.478 e. The molecular formula is C17H19NO3. The number of carboxylic acids is 1. The first-order valence-electron chi connectivity index (χ1n) is 7.52. The summed E-state index contributed by atoms with van der Waals surface area (Å²) in [7, 11) is 0. The maximum atomic E-state index is 12.6. The van der Waals surface area contributed by atoms with Gasteiger partial charge in [-0.1, -0.05) is 37.5 Å². The monoisotopic (exact) mass is 285 g/mol. The molecule has 1 N–H and O–H groups in total. The van der Waals surface area contributed by atoms with E-state index in [0.29, 0.717) is 18.0 Å². The fourth-order valence-electron chi connectivity index (χ4n) is 3.38. The van der Waals surface area contributed by atoms with Crippen LogP contribution < -0.4 is 4.90 Å². The number of hydrogen-bond donors (Lipinski definition) is 1. The zero-order valence-electron chi connectivity index (χ0n) is 11.9. The number of fused-ring (bicyclic) bond motifs is 1. The van der Waals surface area contributed by atoms with E-state index in [-0.39, 0.29) is 5.91 Å². The third kappa shape index (κ3) is 2.71. The van der Waals surface area contributed by atoms with Crippen molar-refractivity contribution in [3.05, 3.63) is 35.9 Å². The second-order valence-electron chi connectivity index (χ2n) is 5.83. The molecule has 1 aromatic rings. The van der Waals surface area contributed by atoms with E-state index < -0.39 is 5.97 Å². The van der Waals surface area contributed by atoms with Gasteiger partial charge >= 0.3 is 5.97 Å². The molecule has 0 spiro atoms. The predicted octanol–water partition coefficient (Wildman–Crippen LogP) is 3.08. The molecule has 2 aliphatic rings. The topological polar surface area (TPSA) is 57.6 Å². The van der Waals surface area contributed by atoms with Gasteiger partial charge in [-0.15, -0.1) is 0 Å². The molecule has 110 valence electrons. The Kier molecular flexibility index (Phi) is 3.78. The van der Waals surface area contributed by atoms with E-state index in [1.165, 1.54) is 19.3 Å². The standard InChI is InChI=1S/C17H19NO3/c19-16(20)10-14-13-8-4-5-9-15(13)18(17(14)21)11-12-6-2-1-3-7-12/h4-5,8-10,12H,1-3,6-7,11H2,(H,19,20)/b14-10+. The number of carboxylic acid groups (broad SMARTS) is 1. The van der Waals surface area contributed by atoms with Crippen LogP contribution in [0.15, 0.2) is 30.3 Å². The van der Waals surface area contributed by atoms with Crippen LogP contribution in [0, 0.1) is 5.92 Å². The smallest absolute Gasteiger partial charge is 0.329 e. The molecule has 1 saturated carbocycles. The summed E-state index contributed by atoms with van der Waals surface area (Å²) >= 11 is 0. The van der Waals surface area contributed by atoms with Gasteiger partial charge < -0.3 is 10.0 Å². The number of aliphatic carboxylic acids is 1. The Hall–Kier alpha value is -2.10. The number of para-hydroxylation sites is 1. The van der Waals surface area contributed by atoms with Crippen molar-refractivity contribution in [3.63, 3.8) is 0 Å². The van der Waals surface area contributed by atoms with Crippen LogP contribution >= 0.6 is 0 Å². The normalized spacial score (nSPS) is 20.9. The lowest BCUT2D eigenvalue weighted by molar-refractivity contribution is -0.131. The molecule has 0 saturated heterocycles. The van der Waals surface area contributed by atoms with E-state index in [1.807, 2.05) is 24.3 Å². The Bertz CT molecular complexity index is 600. The second-order valence-corrected chi connectivity index (χ2v) is 5.83. The van der Waals surface area contributed by atoms with Gasteiger partial charge in [0.1, 0.15) is 0 Å². The maximum absolute atomic E-state index is 12.6. The molecule has 3 rings (SSSR count). The van der Waals surface area contributed by atoms with Crippen molar-refractivity contribution in [2.45, 2.75) is 32.1 Å². The van der Waals surface area contributed by atoms with E-state index >= 15 is 0 Å². The minimum Gasteiger partial charge on any atom is -0.478 e. The lowest BCUT2D eigenvalue weighted by Gasteiger charge is -2.27. The van der Waals surface area contributed by atoms with Crippen molar-refractivity contribution in [2.24, 2.45) is 5.92 Å². The highest BCUT2D eigenvalue weighted by Crippen LogP contribution is 2.38. The van der Waals surface area contributed by atoms with Crippen molar-refractivity contribution in [1.82, 2.24) is 0 Å². The lowest BCUT2D eigenvalue weighted by Crippen LogP contribution is -2.32. The van der Waals surface area contributed by atoms with Crippen LogP contribution in [-0.4, -0.2) is 23.5 Å². The first-order valence-corrected chi connectivity index (χ1v) is 7.52. The molecule has 1 heterocycles. The van der Waals surface area contributed by atoms with Gasteiger partial charge in [0.15, 0.2) is 0 Å². The van der Waals surface area contributed by atoms with E-state index in [4.69, 9.17) is 5.11 Å². The van der Waals surface area contributed by atoms with Crippen LogP contribution in [0.5, 0.6) is 0 Å². The van der Waals surface area contributed by atoms with Crippen LogP contribution in [0.3, 0.4) is 0 Å². The number of rotatable bonds is 3. The highest BCUT2D eigenvalue weighted by Gasteiger charge is 2.34. The molecule has 0 bridgehead atoms. The Morgan fingerprint density at radius 1 is 1.24 bits per heavy atom. The summed E-state index contributed by atoms with van der Waals surface area (Å²) in [6.07, 6.45) is 7.08. The zero-order chi connectivity index (χ0) is 14.8. The first-order chi connectivity index (χ1) is 10.2. The van der Waals surface area contributed by atoms with Crippen molar-refractivity contribution < 1.29 is 14.7 Å². The maximum Gasteiger partial charge on any atom is 0.329 e. The van der Waals surface area contributed by atoms with Crippen LogP contribution in [0.25, 0.3) is 5.57 Å². The number of carbonyl (C=O) groups is 2. The van der Waals surface area contributed by atoms with Crippen LogP contribution in [0.1, 0.15) is 37.7 Å². The first kappa shape index (κ1) is 13.9. The molecule has 0 radical (unpaired) electrons. The van der Waals surface area contributed by atoms with Gasteiger partial charge in [0.05, 0.1) is 11.3 Å². The summed E-state index contributed by atoms with van der Waals surface area (Å²) in [5, 5.41) is 8.98. The number of amides is 1. The average Bonchev–Trinajstić information content (AvgIpc) is 2.74. The number of benzene rings is 1. The Morgan fingerprint density at radius 3 is 2.67 bits per heavy atom. The Labute approximate surface area is 124 Å². The number of nitrogens with zero attached hydrogens (tertiary/aromatic N) is 1. The molecule has 4 heteroatoms. The van der Waals surface area contributed by atoms with Gasteiger partial charge in [-0.05, 0) is 24.8 Å². The van der Waals surface area contributed by atoms with Crippen molar-refractivity contribution in [1.29, 1.82) is 0 Å². The molecule has 1 aromatic carbocycles. The average molecular weight is 285 g/mol. The third-order valence-corrected chi connectivity index (χ3v) is 4.39. The van der Waals surface area contributed by atoms with Crippen molar-refractivity contribution in [2.75, 3.05) is 11.4 Å². The number of hydrogen-bond acceptors (Lipinski definition) is 2. The molecular weight excluding hydrogens is 266 g/mol. The molecule has 0 unspecified atom stereocenters. The zero-order valence-corrected chi connectivity index (χ0v) is 11.9. The molecule has 4 nitrogen and oxygen atoms in total. The van der Waals surface area contributed by atoms with E-state index in [1.54, 1.807) is 4.90 Å².